The lowest BCUT2D eigenvalue weighted by atomic mass is 10.1. The summed E-state index contributed by atoms with van der Waals surface area (Å²) in [6, 6.07) is 12.1. The van der Waals surface area contributed by atoms with Crippen LogP contribution in [0.3, 0.4) is 0 Å². The van der Waals surface area contributed by atoms with Crippen molar-refractivity contribution in [3.63, 3.8) is 0 Å². The molecule has 24 heavy (non-hydrogen) atoms. The van der Waals surface area contributed by atoms with E-state index in [2.05, 4.69) is 15.9 Å². The molecule has 0 fully saturated rings. The number of hydrogen-bond acceptors (Lipinski definition) is 4. The molecule has 0 aromatic heterocycles. The highest BCUT2D eigenvalue weighted by Gasteiger charge is 2.28. The molecule has 0 bridgehead atoms. The Kier molecular flexibility index (Phi) is 4.73. The van der Waals surface area contributed by atoms with Gasteiger partial charge in [0.15, 0.2) is 5.76 Å². The lowest BCUT2D eigenvalue weighted by Crippen LogP contribution is -2.17. The van der Waals surface area contributed by atoms with Crippen molar-refractivity contribution in [2.45, 2.75) is 12.3 Å². The summed E-state index contributed by atoms with van der Waals surface area (Å²) in [5.74, 6) is 0.0874. The second-order valence-electron chi connectivity index (χ2n) is 5.19. The Labute approximate surface area is 152 Å². The summed E-state index contributed by atoms with van der Waals surface area (Å²) < 4.78 is 11.7. The molecule has 0 spiro atoms. The summed E-state index contributed by atoms with van der Waals surface area (Å²) in [4.78, 5) is 23.9. The Morgan fingerprint density at radius 3 is 2.62 bits per heavy atom. The molecule has 0 saturated heterocycles. The quantitative estimate of drug-likeness (QED) is 0.323. The number of esters is 1. The largest absolute Gasteiger partial charge is 0.452 e. The second-order valence-corrected chi connectivity index (χ2v) is 6.76. The van der Waals surface area contributed by atoms with E-state index in [0.717, 1.165) is 10.0 Å². The molecule has 122 valence electrons. The van der Waals surface area contributed by atoms with Crippen molar-refractivity contribution >= 4 is 45.4 Å². The standard InChI is InChI=1S/C18H12BrClO4/c1-10(20)18(22)23-13-6-7-14-15(9-13)24-16(17(14)21)8-11-2-4-12(19)5-3-11/h2-10H,1H3/b16-8-. The van der Waals surface area contributed by atoms with Crippen LogP contribution in [0.15, 0.2) is 52.7 Å². The molecule has 0 N–H and O–H groups in total. The fraction of sp³-hybridized carbons (Fsp3) is 0.111. The summed E-state index contributed by atoms with van der Waals surface area (Å²) in [7, 11) is 0. The molecule has 2 aromatic carbocycles. The van der Waals surface area contributed by atoms with Crippen molar-refractivity contribution in [1.29, 1.82) is 0 Å². The van der Waals surface area contributed by atoms with Crippen LogP contribution in [0.25, 0.3) is 6.08 Å². The van der Waals surface area contributed by atoms with Crippen molar-refractivity contribution in [1.82, 2.24) is 0 Å². The van der Waals surface area contributed by atoms with Gasteiger partial charge in [0.1, 0.15) is 16.9 Å². The summed E-state index contributed by atoms with van der Waals surface area (Å²) >= 11 is 9.03. The minimum atomic E-state index is -0.756. The zero-order chi connectivity index (χ0) is 17.3. The van der Waals surface area contributed by atoms with Gasteiger partial charge in [-0.15, -0.1) is 11.6 Å². The molecule has 6 heteroatoms. The Bertz CT molecular complexity index is 841. The van der Waals surface area contributed by atoms with Crippen LogP contribution < -0.4 is 9.47 Å². The monoisotopic (exact) mass is 406 g/mol. The molecule has 0 aliphatic carbocycles. The highest BCUT2D eigenvalue weighted by atomic mass is 79.9. The number of ketones is 1. The van der Waals surface area contributed by atoms with Crippen LogP contribution >= 0.6 is 27.5 Å². The van der Waals surface area contributed by atoms with E-state index < -0.39 is 11.3 Å². The van der Waals surface area contributed by atoms with E-state index in [1.807, 2.05) is 24.3 Å². The van der Waals surface area contributed by atoms with E-state index in [1.165, 1.54) is 13.0 Å². The molecular weight excluding hydrogens is 396 g/mol. The topological polar surface area (TPSA) is 52.6 Å². The number of carbonyl (C=O) groups is 2. The first kappa shape index (κ1) is 16.7. The lowest BCUT2D eigenvalue weighted by Gasteiger charge is -2.06. The van der Waals surface area contributed by atoms with Gasteiger partial charge in [-0.2, -0.15) is 0 Å². The Hall–Kier alpha value is -2.11. The number of alkyl halides is 1. The third kappa shape index (κ3) is 3.52. The van der Waals surface area contributed by atoms with Crippen LogP contribution in [-0.4, -0.2) is 17.1 Å². The van der Waals surface area contributed by atoms with Gasteiger partial charge in [-0.25, -0.2) is 0 Å². The maximum absolute atomic E-state index is 12.4. The third-order valence-electron chi connectivity index (χ3n) is 3.35. The molecule has 3 rings (SSSR count). The first-order valence-electron chi connectivity index (χ1n) is 7.13. The normalized spacial score (nSPS) is 15.8. The third-order valence-corrected chi connectivity index (χ3v) is 4.06. The number of fused-ring (bicyclic) bond motifs is 1. The second kappa shape index (κ2) is 6.79. The lowest BCUT2D eigenvalue weighted by molar-refractivity contribution is -0.133. The van der Waals surface area contributed by atoms with Crippen molar-refractivity contribution in [2.24, 2.45) is 0 Å². The van der Waals surface area contributed by atoms with Crippen molar-refractivity contribution in [2.75, 3.05) is 0 Å². The average molecular weight is 408 g/mol. The molecule has 1 aliphatic heterocycles. The molecular formula is C18H12BrClO4. The number of allylic oxidation sites excluding steroid dienone is 1. The van der Waals surface area contributed by atoms with Gasteiger partial charge in [-0.1, -0.05) is 28.1 Å². The summed E-state index contributed by atoms with van der Waals surface area (Å²) in [5.41, 5.74) is 1.27. The SMILES string of the molecule is CC(Cl)C(=O)Oc1ccc2c(c1)O/C(=C\c1ccc(Br)cc1)C2=O. The number of ether oxygens (including phenoxy) is 2. The van der Waals surface area contributed by atoms with Crippen LogP contribution in [0, 0.1) is 0 Å². The molecule has 0 saturated carbocycles. The maximum Gasteiger partial charge on any atom is 0.329 e. The van der Waals surface area contributed by atoms with E-state index in [0.29, 0.717) is 11.3 Å². The number of benzene rings is 2. The zero-order valence-electron chi connectivity index (χ0n) is 12.6. The van der Waals surface area contributed by atoms with Gasteiger partial charge < -0.3 is 9.47 Å². The van der Waals surface area contributed by atoms with Gasteiger partial charge in [-0.3, -0.25) is 9.59 Å². The fourth-order valence-corrected chi connectivity index (χ4v) is 2.45. The summed E-state index contributed by atoms with van der Waals surface area (Å²) in [6.45, 7) is 1.52. The van der Waals surface area contributed by atoms with Gasteiger partial charge in [0.05, 0.1) is 5.56 Å². The summed E-state index contributed by atoms with van der Waals surface area (Å²) in [5, 5.41) is -0.756. The highest BCUT2D eigenvalue weighted by Crippen LogP contribution is 2.35. The molecule has 4 nitrogen and oxygen atoms in total. The van der Waals surface area contributed by atoms with Crippen LogP contribution in [0.5, 0.6) is 11.5 Å². The van der Waals surface area contributed by atoms with E-state index in [1.54, 1.807) is 18.2 Å². The van der Waals surface area contributed by atoms with Crippen molar-refractivity contribution < 1.29 is 19.1 Å². The molecule has 1 atom stereocenters. The van der Waals surface area contributed by atoms with Crippen LogP contribution in [0.4, 0.5) is 0 Å². The molecule has 1 heterocycles. The smallest absolute Gasteiger partial charge is 0.329 e. The van der Waals surface area contributed by atoms with E-state index in [4.69, 9.17) is 21.1 Å². The van der Waals surface area contributed by atoms with Gasteiger partial charge in [0.25, 0.3) is 0 Å². The predicted octanol–water partition coefficient (Wildman–Crippen LogP) is 4.60. The average Bonchev–Trinajstić information content (AvgIpc) is 2.85. The summed E-state index contributed by atoms with van der Waals surface area (Å²) in [6.07, 6.45) is 1.67. The number of rotatable bonds is 3. The van der Waals surface area contributed by atoms with E-state index >= 15 is 0 Å². The van der Waals surface area contributed by atoms with Gasteiger partial charge in [0.2, 0.25) is 5.78 Å². The minimum absolute atomic E-state index is 0.212. The number of hydrogen-bond donors (Lipinski definition) is 0. The molecule has 1 unspecified atom stereocenters. The number of halogens is 2. The maximum atomic E-state index is 12.4. The first-order valence-corrected chi connectivity index (χ1v) is 8.36. The number of Topliss-reactive ketones (excluding diaryl/α,β-unsaturated/α-hetero) is 1. The van der Waals surface area contributed by atoms with E-state index in [-0.39, 0.29) is 17.3 Å². The van der Waals surface area contributed by atoms with Gasteiger partial charge in [0, 0.05) is 10.5 Å². The fourth-order valence-electron chi connectivity index (χ4n) is 2.14. The zero-order valence-corrected chi connectivity index (χ0v) is 14.9. The molecule has 1 aliphatic rings. The van der Waals surface area contributed by atoms with Crippen LogP contribution in [0.2, 0.25) is 0 Å². The first-order chi connectivity index (χ1) is 11.4. The van der Waals surface area contributed by atoms with Gasteiger partial charge >= 0.3 is 5.97 Å². The molecule has 0 amide bonds. The Morgan fingerprint density at radius 1 is 1.25 bits per heavy atom. The van der Waals surface area contributed by atoms with E-state index in [9.17, 15) is 9.59 Å². The Morgan fingerprint density at radius 2 is 1.96 bits per heavy atom. The molecule has 0 radical (unpaired) electrons. The van der Waals surface area contributed by atoms with Crippen LogP contribution in [-0.2, 0) is 4.79 Å². The van der Waals surface area contributed by atoms with Crippen molar-refractivity contribution in [3.05, 3.63) is 63.8 Å². The van der Waals surface area contributed by atoms with Crippen LogP contribution in [0.1, 0.15) is 22.8 Å². The molecule has 2 aromatic rings. The van der Waals surface area contributed by atoms with Crippen molar-refractivity contribution in [3.8, 4) is 11.5 Å². The Balaban J connectivity index is 1.84. The number of carbonyl (C=O) groups excluding carboxylic acids is 2. The predicted molar refractivity (Wildman–Crippen MR) is 94.5 cm³/mol. The van der Waals surface area contributed by atoms with Gasteiger partial charge in [-0.05, 0) is 42.8 Å². The highest BCUT2D eigenvalue weighted by molar-refractivity contribution is 9.10. The minimum Gasteiger partial charge on any atom is -0.452 e.